The van der Waals surface area contributed by atoms with Gasteiger partial charge in [0.25, 0.3) is 0 Å². The third kappa shape index (κ3) is 5.01. The van der Waals surface area contributed by atoms with Gasteiger partial charge in [-0.1, -0.05) is 24.3 Å². The number of nitriles is 1. The molecule has 0 bridgehead atoms. The summed E-state index contributed by atoms with van der Waals surface area (Å²) in [5.74, 6) is 1.28. The Kier molecular flexibility index (Phi) is 6.32. The van der Waals surface area contributed by atoms with Crippen molar-refractivity contribution in [3.05, 3.63) is 54.1 Å². The molecule has 0 aliphatic carbocycles. The SMILES string of the molecule is CCOC(=O)N1CCC(COc2ccc(-c3cccc(C#N)c3)cc2)CC1. The van der Waals surface area contributed by atoms with Crippen LogP contribution in [0.2, 0.25) is 0 Å². The van der Waals surface area contributed by atoms with Gasteiger partial charge in [-0.25, -0.2) is 4.79 Å². The molecular formula is C22H24N2O3. The average molecular weight is 364 g/mol. The van der Waals surface area contributed by atoms with Gasteiger partial charge in [0.1, 0.15) is 5.75 Å². The van der Waals surface area contributed by atoms with Crippen molar-refractivity contribution in [2.45, 2.75) is 19.8 Å². The highest BCUT2D eigenvalue weighted by atomic mass is 16.6. The Bertz CT molecular complexity index is 803. The van der Waals surface area contributed by atoms with Crippen LogP contribution in [0.15, 0.2) is 48.5 Å². The highest BCUT2D eigenvalue weighted by Gasteiger charge is 2.23. The third-order valence-corrected chi connectivity index (χ3v) is 4.81. The van der Waals surface area contributed by atoms with E-state index in [1.165, 1.54) is 0 Å². The van der Waals surface area contributed by atoms with Crippen LogP contribution in [0.5, 0.6) is 5.75 Å². The smallest absolute Gasteiger partial charge is 0.409 e. The number of benzene rings is 2. The van der Waals surface area contributed by atoms with Gasteiger partial charge < -0.3 is 14.4 Å². The number of likely N-dealkylation sites (tertiary alicyclic amines) is 1. The third-order valence-electron chi connectivity index (χ3n) is 4.81. The number of rotatable bonds is 5. The summed E-state index contributed by atoms with van der Waals surface area (Å²) in [6, 6.07) is 17.7. The standard InChI is InChI=1S/C22H24N2O3/c1-2-26-22(25)24-12-10-17(11-13-24)16-27-21-8-6-19(7-9-21)20-5-3-4-18(14-20)15-23/h3-9,14,17H,2,10-13,16H2,1H3. The van der Waals surface area contributed by atoms with Crippen molar-refractivity contribution in [1.82, 2.24) is 4.90 Å². The minimum atomic E-state index is -0.215. The Morgan fingerprint density at radius 2 is 1.89 bits per heavy atom. The minimum Gasteiger partial charge on any atom is -0.493 e. The maximum absolute atomic E-state index is 11.7. The zero-order chi connectivity index (χ0) is 19.1. The van der Waals surface area contributed by atoms with E-state index in [1.54, 1.807) is 11.0 Å². The first-order chi connectivity index (χ1) is 13.2. The molecule has 1 heterocycles. The summed E-state index contributed by atoms with van der Waals surface area (Å²) in [7, 11) is 0. The lowest BCUT2D eigenvalue weighted by molar-refractivity contribution is 0.0845. The minimum absolute atomic E-state index is 0.215. The summed E-state index contributed by atoms with van der Waals surface area (Å²) in [6.07, 6.45) is 1.64. The van der Waals surface area contributed by atoms with Crippen molar-refractivity contribution in [1.29, 1.82) is 5.26 Å². The monoisotopic (exact) mass is 364 g/mol. The molecule has 1 fully saturated rings. The Hall–Kier alpha value is -3.00. The van der Waals surface area contributed by atoms with Crippen LogP contribution in [0.1, 0.15) is 25.3 Å². The van der Waals surface area contributed by atoms with Crippen LogP contribution in [0.4, 0.5) is 4.79 Å². The zero-order valence-corrected chi connectivity index (χ0v) is 15.6. The molecule has 27 heavy (non-hydrogen) atoms. The Labute approximate surface area is 160 Å². The summed E-state index contributed by atoms with van der Waals surface area (Å²) in [5, 5.41) is 9.02. The molecule has 1 saturated heterocycles. The fourth-order valence-corrected chi connectivity index (χ4v) is 3.22. The highest BCUT2D eigenvalue weighted by Crippen LogP contribution is 2.24. The maximum Gasteiger partial charge on any atom is 0.409 e. The van der Waals surface area contributed by atoms with Crippen molar-refractivity contribution < 1.29 is 14.3 Å². The first-order valence-corrected chi connectivity index (χ1v) is 9.34. The van der Waals surface area contributed by atoms with Crippen LogP contribution < -0.4 is 4.74 Å². The molecule has 1 aliphatic heterocycles. The molecule has 140 valence electrons. The zero-order valence-electron chi connectivity index (χ0n) is 15.6. The molecule has 5 nitrogen and oxygen atoms in total. The lowest BCUT2D eigenvalue weighted by atomic mass is 9.98. The molecule has 2 aromatic carbocycles. The molecule has 3 rings (SSSR count). The Balaban J connectivity index is 1.50. The number of carbonyl (C=O) groups excluding carboxylic acids is 1. The fraction of sp³-hybridized carbons (Fsp3) is 0.364. The van der Waals surface area contributed by atoms with Crippen LogP contribution in [0, 0.1) is 17.2 Å². The van der Waals surface area contributed by atoms with E-state index in [2.05, 4.69) is 6.07 Å². The van der Waals surface area contributed by atoms with Crippen molar-refractivity contribution in [2.75, 3.05) is 26.3 Å². The number of hydrogen-bond acceptors (Lipinski definition) is 4. The number of hydrogen-bond donors (Lipinski definition) is 0. The first kappa shape index (κ1) is 18.8. The molecular weight excluding hydrogens is 340 g/mol. The van der Waals surface area contributed by atoms with Crippen LogP contribution in [-0.2, 0) is 4.74 Å². The Morgan fingerprint density at radius 3 is 2.56 bits per heavy atom. The molecule has 1 amide bonds. The van der Waals surface area contributed by atoms with Crippen LogP contribution in [0.3, 0.4) is 0 Å². The molecule has 0 unspecified atom stereocenters. The van der Waals surface area contributed by atoms with E-state index in [9.17, 15) is 4.79 Å². The molecule has 0 spiro atoms. The fourth-order valence-electron chi connectivity index (χ4n) is 3.22. The molecule has 5 heteroatoms. The summed E-state index contributed by atoms with van der Waals surface area (Å²) >= 11 is 0. The topological polar surface area (TPSA) is 62.6 Å². The molecule has 2 aromatic rings. The molecule has 0 N–H and O–H groups in total. The normalized spacial score (nSPS) is 14.4. The lowest BCUT2D eigenvalue weighted by Gasteiger charge is -2.31. The van der Waals surface area contributed by atoms with E-state index in [0.29, 0.717) is 24.7 Å². The van der Waals surface area contributed by atoms with Gasteiger partial charge in [-0.05, 0) is 61.1 Å². The second-order valence-electron chi connectivity index (χ2n) is 6.66. The van der Waals surface area contributed by atoms with Gasteiger partial charge in [0, 0.05) is 13.1 Å². The van der Waals surface area contributed by atoms with Crippen molar-refractivity contribution in [3.63, 3.8) is 0 Å². The maximum atomic E-state index is 11.7. The predicted molar refractivity (Wildman–Crippen MR) is 103 cm³/mol. The quantitative estimate of drug-likeness (QED) is 0.785. The second kappa shape index (κ2) is 9.09. The van der Waals surface area contributed by atoms with Crippen LogP contribution in [0.25, 0.3) is 11.1 Å². The van der Waals surface area contributed by atoms with E-state index in [-0.39, 0.29) is 6.09 Å². The van der Waals surface area contributed by atoms with E-state index >= 15 is 0 Å². The number of nitrogens with zero attached hydrogens (tertiary/aromatic N) is 2. The average Bonchev–Trinajstić information content (AvgIpc) is 2.73. The highest BCUT2D eigenvalue weighted by molar-refractivity contribution is 5.67. The molecule has 0 aromatic heterocycles. The molecule has 0 atom stereocenters. The summed E-state index contributed by atoms with van der Waals surface area (Å²) in [5.41, 5.74) is 2.73. The van der Waals surface area contributed by atoms with Gasteiger partial charge in [0.05, 0.1) is 24.8 Å². The number of piperidine rings is 1. The first-order valence-electron chi connectivity index (χ1n) is 9.34. The van der Waals surface area contributed by atoms with Gasteiger partial charge in [0.2, 0.25) is 0 Å². The van der Waals surface area contributed by atoms with E-state index in [4.69, 9.17) is 14.7 Å². The van der Waals surface area contributed by atoms with Gasteiger partial charge in [0.15, 0.2) is 0 Å². The van der Waals surface area contributed by atoms with Gasteiger partial charge in [-0.2, -0.15) is 5.26 Å². The van der Waals surface area contributed by atoms with Crippen LogP contribution in [-0.4, -0.2) is 37.3 Å². The number of amides is 1. The van der Waals surface area contributed by atoms with E-state index in [0.717, 1.165) is 42.8 Å². The largest absolute Gasteiger partial charge is 0.493 e. The van der Waals surface area contributed by atoms with Crippen molar-refractivity contribution in [3.8, 4) is 22.9 Å². The molecule has 0 saturated carbocycles. The van der Waals surface area contributed by atoms with E-state index in [1.807, 2.05) is 49.4 Å². The number of carbonyl (C=O) groups is 1. The second-order valence-corrected chi connectivity index (χ2v) is 6.66. The summed E-state index contributed by atoms with van der Waals surface area (Å²) in [4.78, 5) is 13.5. The van der Waals surface area contributed by atoms with E-state index < -0.39 is 0 Å². The summed E-state index contributed by atoms with van der Waals surface area (Å²) in [6.45, 7) is 4.34. The Morgan fingerprint density at radius 1 is 1.15 bits per heavy atom. The molecule has 0 radical (unpaired) electrons. The molecule has 1 aliphatic rings. The van der Waals surface area contributed by atoms with Crippen LogP contribution >= 0.6 is 0 Å². The summed E-state index contributed by atoms with van der Waals surface area (Å²) < 4.78 is 11.0. The van der Waals surface area contributed by atoms with Gasteiger partial charge in [-0.3, -0.25) is 0 Å². The van der Waals surface area contributed by atoms with Gasteiger partial charge in [-0.15, -0.1) is 0 Å². The lowest BCUT2D eigenvalue weighted by Crippen LogP contribution is -2.40. The predicted octanol–water partition coefficient (Wildman–Crippen LogP) is 4.47. The van der Waals surface area contributed by atoms with Gasteiger partial charge >= 0.3 is 6.09 Å². The number of ether oxygens (including phenoxy) is 2. The van der Waals surface area contributed by atoms with Crippen molar-refractivity contribution in [2.24, 2.45) is 5.92 Å². The van der Waals surface area contributed by atoms with Crippen molar-refractivity contribution >= 4 is 6.09 Å².